The molecule has 0 radical (unpaired) electrons. The molecule has 1 aromatic heterocycles. The minimum atomic E-state index is -2.14. The number of hydrogen-bond acceptors (Lipinski definition) is 5. The van der Waals surface area contributed by atoms with Crippen molar-refractivity contribution in [3.63, 3.8) is 0 Å². The van der Waals surface area contributed by atoms with Gasteiger partial charge in [0.15, 0.2) is 5.58 Å². The highest BCUT2D eigenvalue weighted by Gasteiger charge is 2.39. The Kier molecular flexibility index (Phi) is 4.96. The van der Waals surface area contributed by atoms with Crippen LogP contribution in [0.25, 0.3) is 21.9 Å². The fraction of sp³-hybridized carbons (Fsp3) is 0.400. The van der Waals surface area contributed by atoms with Gasteiger partial charge >= 0.3 is 0 Å². The Morgan fingerprint density at radius 3 is 2.52 bits per heavy atom. The molecule has 0 saturated heterocycles. The number of fused-ring (bicyclic) bond motifs is 4. The van der Waals surface area contributed by atoms with Gasteiger partial charge in [0.25, 0.3) is 8.32 Å². The van der Waals surface area contributed by atoms with Crippen molar-refractivity contribution in [1.29, 1.82) is 0 Å². The van der Waals surface area contributed by atoms with Gasteiger partial charge in [-0.1, -0.05) is 33.4 Å². The first-order chi connectivity index (χ1) is 14.4. The van der Waals surface area contributed by atoms with E-state index in [2.05, 4.69) is 40.4 Å². The van der Waals surface area contributed by atoms with E-state index in [-0.39, 0.29) is 16.6 Å². The molecule has 0 bridgehead atoms. The molecule has 164 valence electrons. The first-order valence-electron chi connectivity index (χ1n) is 10.5. The molecular formula is C25H30O5Si. The Labute approximate surface area is 183 Å². The summed E-state index contributed by atoms with van der Waals surface area (Å²) >= 11 is 0. The van der Waals surface area contributed by atoms with Gasteiger partial charge in [0.05, 0.1) is 12.5 Å². The van der Waals surface area contributed by atoms with Gasteiger partial charge in [-0.25, -0.2) is 0 Å². The predicted molar refractivity (Wildman–Crippen MR) is 127 cm³/mol. The van der Waals surface area contributed by atoms with Gasteiger partial charge in [-0.15, -0.1) is 0 Å². The fourth-order valence-corrected chi connectivity index (χ4v) is 4.66. The van der Waals surface area contributed by atoms with Crippen molar-refractivity contribution in [2.75, 3.05) is 7.11 Å². The monoisotopic (exact) mass is 438 g/mol. The zero-order chi connectivity index (χ0) is 22.7. The van der Waals surface area contributed by atoms with Crippen LogP contribution in [-0.2, 0) is 6.42 Å². The molecule has 2 heterocycles. The van der Waals surface area contributed by atoms with E-state index >= 15 is 0 Å². The van der Waals surface area contributed by atoms with Crippen molar-refractivity contribution in [3.8, 4) is 17.2 Å². The molecule has 5 nitrogen and oxygen atoms in total. The molecule has 31 heavy (non-hydrogen) atoms. The van der Waals surface area contributed by atoms with E-state index in [4.69, 9.17) is 18.3 Å². The summed E-state index contributed by atoms with van der Waals surface area (Å²) in [7, 11) is -0.586. The lowest BCUT2D eigenvalue weighted by molar-refractivity contribution is 0.270. The second-order valence-corrected chi connectivity index (χ2v) is 14.6. The standard InChI is InChI=1S/C25H30O5Si/c1-14(2)18-12-16-19(28-18)13-20(27-6)21-22(26)15-10-9-11-17(23(15)29-24(16)21)30-31(7,8)25(3,4)5/h9-11,13,18H,1,12H2,2-8H3. The lowest BCUT2D eigenvalue weighted by atomic mass is 10.0. The van der Waals surface area contributed by atoms with Gasteiger partial charge in [-0.3, -0.25) is 4.79 Å². The first kappa shape index (κ1) is 21.5. The molecule has 4 rings (SSSR count). The zero-order valence-corrected chi connectivity index (χ0v) is 20.3. The van der Waals surface area contributed by atoms with Crippen LogP contribution < -0.4 is 19.3 Å². The number of hydrogen-bond donors (Lipinski definition) is 0. The molecule has 0 spiro atoms. The van der Waals surface area contributed by atoms with E-state index in [1.54, 1.807) is 19.2 Å². The summed E-state index contributed by atoms with van der Waals surface area (Å²) in [6.45, 7) is 16.9. The second kappa shape index (κ2) is 7.16. The van der Waals surface area contributed by atoms with Crippen molar-refractivity contribution in [2.24, 2.45) is 0 Å². The molecule has 3 aromatic rings. The normalized spacial score (nSPS) is 16.3. The molecular weight excluding hydrogens is 408 g/mol. The van der Waals surface area contributed by atoms with Gasteiger partial charge in [0, 0.05) is 18.1 Å². The zero-order valence-electron chi connectivity index (χ0n) is 19.3. The van der Waals surface area contributed by atoms with Gasteiger partial charge in [-0.05, 0) is 42.8 Å². The lowest BCUT2D eigenvalue weighted by Gasteiger charge is -2.36. The van der Waals surface area contributed by atoms with Crippen LogP contribution in [0.4, 0.5) is 0 Å². The Morgan fingerprint density at radius 1 is 1.19 bits per heavy atom. The minimum absolute atomic E-state index is 0.0132. The topological polar surface area (TPSA) is 57.9 Å². The second-order valence-electron chi connectivity index (χ2n) is 9.84. The summed E-state index contributed by atoms with van der Waals surface area (Å²) in [4.78, 5) is 13.6. The molecule has 1 unspecified atom stereocenters. The summed E-state index contributed by atoms with van der Waals surface area (Å²) in [5.74, 6) is 1.72. The molecule has 0 saturated carbocycles. The van der Waals surface area contributed by atoms with Gasteiger partial charge < -0.3 is 18.3 Å². The number of para-hydroxylation sites is 1. The number of ether oxygens (including phenoxy) is 2. The maximum atomic E-state index is 13.6. The van der Waals surface area contributed by atoms with E-state index in [0.717, 1.165) is 11.1 Å². The van der Waals surface area contributed by atoms with Crippen LogP contribution in [0.15, 0.2) is 45.6 Å². The van der Waals surface area contributed by atoms with Crippen LogP contribution in [0.3, 0.4) is 0 Å². The molecule has 0 N–H and O–H groups in total. The highest BCUT2D eigenvalue weighted by Crippen LogP contribution is 2.43. The third kappa shape index (κ3) is 3.43. The molecule has 1 aliphatic heterocycles. The maximum absolute atomic E-state index is 13.6. The van der Waals surface area contributed by atoms with Crippen LogP contribution in [0.1, 0.15) is 33.3 Å². The van der Waals surface area contributed by atoms with E-state index in [1.807, 2.05) is 19.1 Å². The largest absolute Gasteiger partial charge is 0.541 e. The summed E-state index contributed by atoms with van der Waals surface area (Å²) in [6.07, 6.45) is 0.454. The molecule has 0 aliphatic carbocycles. The van der Waals surface area contributed by atoms with E-state index < -0.39 is 8.32 Å². The summed E-state index contributed by atoms with van der Waals surface area (Å²) < 4.78 is 24.6. The number of benzene rings is 2. The van der Waals surface area contributed by atoms with Crippen molar-refractivity contribution < 1.29 is 18.3 Å². The Hall–Kier alpha value is -2.73. The summed E-state index contributed by atoms with van der Waals surface area (Å²) in [5.41, 5.74) is 2.63. The van der Waals surface area contributed by atoms with Crippen molar-refractivity contribution >= 4 is 30.3 Å². The van der Waals surface area contributed by atoms with E-state index in [9.17, 15) is 4.79 Å². The Bertz CT molecular complexity index is 1260. The van der Waals surface area contributed by atoms with Gasteiger partial charge in [-0.2, -0.15) is 0 Å². The maximum Gasteiger partial charge on any atom is 0.250 e. The summed E-state index contributed by atoms with van der Waals surface area (Å²) in [5, 5.41) is 0.931. The third-order valence-electron chi connectivity index (χ3n) is 6.56. The molecule has 0 fully saturated rings. The van der Waals surface area contributed by atoms with Crippen molar-refractivity contribution in [1.82, 2.24) is 0 Å². The Morgan fingerprint density at radius 2 is 1.90 bits per heavy atom. The molecule has 6 heteroatoms. The smallest absolute Gasteiger partial charge is 0.250 e. The number of methoxy groups -OCH3 is 1. The first-order valence-corrected chi connectivity index (χ1v) is 13.5. The van der Waals surface area contributed by atoms with Gasteiger partial charge in [0.1, 0.15) is 34.3 Å². The quantitative estimate of drug-likeness (QED) is 0.275. The molecule has 1 atom stereocenters. The SMILES string of the molecule is C=C(C)C1Cc2c(cc(OC)c3c(=O)c4cccc(O[Si](C)(C)C(C)(C)C)c4oc23)O1. The molecule has 2 aromatic carbocycles. The summed E-state index contributed by atoms with van der Waals surface area (Å²) in [6, 6.07) is 7.27. The lowest BCUT2D eigenvalue weighted by Crippen LogP contribution is -2.43. The number of rotatable bonds is 4. The Balaban J connectivity index is 2.01. The van der Waals surface area contributed by atoms with Crippen molar-refractivity contribution in [2.45, 2.75) is 58.4 Å². The fourth-order valence-electron chi connectivity index (χ4n) is 3.64. The minimum Gasteiger partial charge on any atom is -0.541 e. The molecule has 1 aliphatic rings. The predicted octanol–water partition coefficient (Wildman–Crippen LogP) is 6.22. The van der Waals surface area contributed by atoms with Crippen molar-refractivity contribution in [3.05, 3.63) is 52.2 Å². The van der Waals surface area contributed by atoms with Crippen LogP contribution in [0.2, 0.25) is 18.1 Å². The average Bonchev–Trinajstić information content (AvgIpc) is 3.11. The van der Waals surface area contributed by atoms with Gasteiger partial charge in [0.2, 0.25) is 5.43 Å². The van der Waals surface area contributed by atoms with Crippen LogP contribution in [-0.4, -0.2) is 21.5 Å². The molecule has 0 amide bonds. The van der Waals surface area contributed by atoms with E-state index in [1.165, 1.54) is 0 Å². The van der Waals surface area contributed by atoms with Crippen LogP contribution in [0.5, 0.6) is 17.2 Å². The van der Waals surface area contributed by atoms with E-state index in [0.29, 0.717) is 45.6 Å². The average molecular weight is 439 g/mol. The van der Waals surface area contributed by atoms with Crippen LogP contribution in [0, 0.1) is 0 Å². The third-order valence-corrected chi connectivity index (χ3v) is 10.9. The highest BCUT2D eigenvalue weighted by atomic mass is 28.4. The van der Waals surface area contributed by atoms with Crippen LogP contribution >= 0.6 is 0 Å². The highest BCUT2D eigenvalue weighted by molar-refractivity contribution is 6.74.